The summed E-state index contributed by atoms with van der Waals surface area (Å²) in [4.78, 5) is 19.6. The third-order valence-corrected chi connectivity index (χ3v) is 3.06. The van der Waals surface area contributed by atoms with Crippen LogP contribution in [0.15, 0.2) is 48.7 Å². The number of imidazole rings is 1. The maximum absolute atomic E-state index is 10.8. The minimum atomic E-state index is -0.829. The van der Waals surface area contributed by atoms with Gasteiger partial charge in [-0.15, -0.1) is 0 Å². The summed E-state index contributed by atoms with van der Waals surface area (Å²) in [5.74, 6) is -0.114. The second-order valence-corrected chi connectivity index (χ2v) is 4.44. The number of carboxylic acids is 1. The van der Waals surface area contributed by atoms with Gasteiger partial charge in [0.15, 0.2) is 5.65 Å². The van der Waals surface area contributed by atoms with Crippen molar-refractivity contribution in [1.29, 1.82) is 0 Å². The summed E-state index contributed by atoms with van der Waals surface area (Å²) in [6, 6.07) is 13.4. The minimum absolute atomic E-state index is 0.0517. The number of fused-ring (bicyclic) bond motifs is 1. The van der Waals surface area contributed by atoms with Gasteiger partial charge in [0.1, 0.15) is 11.3 Å². The lowest BCUT2D eigenvalue weighted by Gasteiger charge is -2.07. The summed E-state index contributed by atoms with van der Waals surface area (Å²) in [5.41, 5.74) is 2.46. The monoisotopic (exact) mass is 267 g/mol. The molecule has 2 heterocycles. The summed E-state index contributed by atoms with van der Waals surface area (Å²) in [6.07, 6.45) is 2.14. The fourth-order valence-electron chi connectivity index (χ4n) is 2.19. The van der Waals surface area contributed by atoms with Gasteiger partial charge in [-0.2, -0.15) is 0 Å². The van der Waals surface area contributed by atoms with Crippen LogP contribution in [0.5, 0.6) is 0 Å². The maximum atomic E-state index is 10.8. The summed E-state index contributed by atoms with van der Waals surface area (Å²) in [6.45, 7) is 0. The van der Waals surface area contributed by atoms with Gasteiger partial charge in [-0.05, 0) is 24.3 Å². The third kappa shape index (κ3) is 2.25. The zero-order valence-electron chi connectivity index (χ0n) is 10.7. The fraction of sp³-hybridized carbons (Fsp3) is 0.133. The first-order chi connectivity index (χ1) is 9.75. The van der Waals surface area contributed by atoms with Crippen LogP contribution in [0, 0.1) is 0 Å². The highest BCUT2D eigenvalue weighted by molar-refractivity contribution is 5.74. The number of hydrogen-bond donors (Lipinski definition) is 1. The van der Waals surface area contributed by atoms with E-state index in [4.69, 9.17) is 5.11 Å². The molecule has 0 bridgehead atoms. The Morgan fingerprint density at radius 3 is 2.70 bits per heavy atom. The average molecular weight is 267 g/mol. The van der Waals surface area contributed by atoms with Gasteiger partial charge < -0.3 is 5.11 Å². The number of aromatic nitrogens is 3. The normalized spacial score (nSPS) is 10.8. The van der Waals surface area contributed by atoms with Crippen molar-refractivity contribution in [2.24, 2.45) is 0 Å². The van der Waals surface area contributed by atoms with Crippen molar-refractivity contribution in [2.75, 3.05) is 0 Å². The van der Waals surface area contributed by atoms with Crippen LogP contribution in [0.4, 0.5) is 0 Å². The molecule has 0 aliphatic rings. The third-order valence-electron chi connectivity index (χ3n) is 3.06. The molecule has 0 fully saturated rings. The molecule has 1 aromatic carbocycles. The number of pyridine rings is 1. The number of hydrogen-bond acceptors (Lipinski definition) is 3. The summed E-state index contributed by atoms with van der Waals surface area (Å²) < 4.78 is 1.91. The van der Waals surface area contributed by atoms with Gasteiger partial charge in [0, 0.05) is 18.3 Å². The van der Waals surface area contributed by atoms with Crippen LogP contribution in [0.3, 0.4) is 0 Å². The molecule has 0 aliphatic carbocycles. The molecule has 0 saturated heterocycles. The molecule has 100 valence electrons. The van der Waals surface area contributed by atoms with Crippen molar-refractivity contribution >= 4 is 17.1 Å². The largest absolute Gasteiger partial charge is 0.481 e. The van der Waals surface area contributed by atoms with Gasteiger partial charge in [0.2, 0.25) is 0 Å². The Bertz CT molecular complexity index is 750. The standard InChI is InChI=1S/C15H13N3O2/c19-14(20)9-8-13-17-12-7-4-10-16-15(12)18(13)11-5-2-1-3-6-11/h1-7,10H,8-9H2,(H,19,20). The van der Waals surface area contributed by atoms with Crippen LogP contribution in [0.1, 0.15) is 12.2 Å². The highest BCUT2D eigenvalue weighted by Gasteiger charge is 2.13. The van der Waals surface area contributed by atoms with E-state index in [2.05, 4.69) is 9.97 Å². The molecule has 5 heteroatoms. The summed E-state index contributed by atoms with van der Waals surface area (Å²) in [5, 5.41) is 8.86. The van der Waals surface area contributed by atoms with E-state index in [-0.39, 0.29) is 6.42 Å². The Kier molecular flexibility index (Phi) is 3.16. The molecule has 3 aromatic rings. The first-order valence-electron chi connectivity index (χ1n) is 6.35. The molecule has 0 amide bonds. The Labute approximate surface area is 115 Å². The minimum Gasteiger partial charge on any atom is -0.481 e. The second kappa shape index (κ2) is 5.13. The highest BCUT2D eigenvalue weighted by atomic mass is 16.4. The topological polar surface area (TPSA) is 68.0 Å². The van der Waals surface area contributed by atoms with Gasteiger partial charge in [-0.25, -0.2) is 9.97 Å². The number of carboxylic acid groups (broad SMARTS) is 1. The van der Waals surface area contributed by atoms with Crippen LogP contribution < -0.4 is 0 Å². The molecule has 20 heavy (non-hydrogen) atoms. The van der Waals surface area contributed by atoms with Crippen molar-refractivity contribution in [1.82, 2.24) is 14.5 Å². The van der Waals surface area contributed by atoms with Crippen LogP contribution >= 0.6 is 0 Å². The lowest BCUT2D eigenvalue weighted by atomic mass is 10.2. The SMILES string of the molecule is O=C(O)CCc1nc2cccnc2n1-c1ccccc1. The predicted molar refractivity (Wildman–Crippen MR) is 74.8 cm³/mol. The Balaban J connectivity index is 2.16. The van der Waals surface area contributed by atoms with Crippen molar-refractivity contribution in [3.05, 3.63) is 54.5 Å². The predicted octanol–water partition coefficient (Wildman–Crippen LogP) is 2.44. The number of aryl methyl sites for hydroxylation is 1. The molecule has 0 aliphatic heterocycles. The van der Waals surface area contributed by atoms with Crippen molar-refractivity contribution < 1.29 is 9.90 Å². The van der Waals surface area contributed by atoms with Crippen molar-refractivity contribution in [2.45, 2.75) is 12.8 Å². The van der Waals surface area contributed by atoms with E-state index in [1.807, 2.05) is 47.0 Å². The molecule has 2 aromatic heterocycles. The van der Waals surface area contributed by atoms with Crippen molar-refractivity contribution in [3.8, 4) is 5.69 Å². The number of carbonyl (C=O) groups is 1. The first kappa shape index (κ1) is 12.3. The Morgan fingerprint density at radius 1 is 1.15 bits per heavy atom. The average Bonchev–Trinajstić information content (AvgIpc) is 2.84. The smallest absolute Gasteiger partial charge is 0.303 e. The molecule has 0 unspecified atom stereocenters. The fourth-order valence-corrected chi connectivity index (χ4v) is 2.19. The maximum Gasteiger partial charge on any atom is 0.303 e. The van der Waals surface area contributed by atoms with Crippen LogP contribution in [0.25, 0.3) is 16.9 Å². The van der Waals surface area contributed by atoms with Gasteiger partial charge in [0.25, 0.3) is 0 Å². The van der Waals surface area contributed by atoms with Gasteiger partial charge in [-0.1, -0.05) is 18.2 Å². The molecule has 5 nitrogen and oxygen atoms in total. The van der Waals surface area contributed by atoms with Crippen LogP contribution in [-0.4, -0.2) is 25.6 Å². The number of aliphatic carboxylic acids is 1. The molecular weight excluding hydrogens is 254 g/mol. The molecule has 3 rings (SSSR count). The second-order valence-electron chi connectivity index (χ2n) is 4.44. The summed E-state index contributed by atoms with van der Waals surface area (Å²) in [7, 11) is 0. The van der Waals surface area contributed by atoms with Gasteiger partial charge in [-0.3, -0.25) is 9.36 Å². The van der Waals surface area contributed by atoms with Crippen LogP contribution in [0.2, 0.25) is 0 Å². The molecule has 0 radical (unpaired) electrons. The number of para-hydroxylation sites is 1. The van der Waals surface area contributed by atoms with E-state index in [1.165, 1.54) is 0 Å². The zero-order chi connectivity index (χ0) is 13.9. The highest BCUT2D eigenvalue weighted by Crippen LogP contribution is 2.20. The van der Waals surface area contributed by atoms with E-state index in [0.29, 0.717) is 12.2 Å². The molecule has 0 saturated carbocycles. The van der Waals surface area contributed by atoms with E-state index in [1.54, 1.807) is 6.20 Å². The molecular formula is C15H13N3O2. The molecule has 0 spiro atoms. The van der Waals surface area contributed by atoms with Crippen molar-refractivity contribution in [3.63, 3.8) is 0 Å². The Hall–Kier alpha value is -2.69. The zero-order valence-corrected chi connectivity index (χ0v) is 10.7. The van der Waals surface area contributed by atoms with E-state index >= 15 is 0 Å². The molecule has 0 atom stereocenters. The number of benzene rings is 1. The summed E-state index contributed by atoms with van der Waals surface area (Å²) >= 11 is 0. The lowest BCUT2D eigenvalue weighted by molar-refractivity contribution is -0.137. The van der Waals surface area contributed by atoms with Crippen LogP contribution in [-0.2, 0) is 11.2 Å². The van der Waals surface area contributed by atoms with Gasteiger partial charge >= 0.3 is 5.97 Å². The number of rotatable bonds is 4. The first-order valence-corrected chi connectivity index (χ1v) is 6.35. The van der Waals surface area contributed by atoms with E-state index < -0.39 is 5.97 Å². The lowest BCUT2D eigenvalue weighted by Crippen LogP contribution is -2.05. The number of nitrogens with zero attached hydrogens (tertiary/aromatic N) is 3. The molecule has 1 N–H and O–H groups in total. The van der Waals surface area contributed by atoms with E-state index in [0.717, 1.165) is 16.9 Å². The Morgan fingerprint density at radius 2 is 1.95 bits per heavy atom. The van der Waals surface area contributed by atoms with E-state index in [9.17, 15) is 4.79 Å². The van der Waals surface area contributed by atoms with Gasteiger partial charge in [0.05, 0.1) is 6.42 Å². The quantitative estimate of drug-likeness (QED) is 0.788.